The fourth-order valence-electron chi connectivity index (χ4n) is 2.85. The molecule has 1 N–H and O–H groups in total. The van der Waals surface area contributed by atoms with E-state index in [1.807, 2.05) is 6.07 Å². The minimum atomic E-state index is -0.198. The van der Waals surface area contributed by atoms with E-state index in [1.54, 1.807) is 18.2 Å². The monoisotopic (exact) mass is 356 g/mol. The number of benzene rings is 1. The molecule has 2 aromatic rings. The molecule has 7 heteroatoms. The smallest absolute Gasteiger partial charge is 0.271 e. The first-order valence-electron chi connectivity index (χ1n) is 8.09. The van der Waals surface area contributed by atoms with Crippen LogP contribution in [0.5, 0.6) is 5.75 Å². The molecule has 1 aromatic carbocycles. The maximum absolute atomic E-state index is 12.1. The zero-order chi connectivity index (χ0) is 17.6. The molecule has 1 heterocycles. The van der Waals surface area contributed by atoms with E-state index >= 15 is 0 Å². The Kier molecular flexibility index (Phi) is 5.46. The van der Waals surface area contributed by atoms with E-state index in [0.717, 1.165) is 25.7 Å². The normalized spacial score (nSPS) is 19.7. The third-order valence-electron chi connectivity index (χ3n) is 4.17. The van der Waals surface area contributed by atoms with Crippen LogP contribution in [-0.4, -0.2) is 28.0 Å². The Morgan fingerprint density at radius 1 is 1.28 bits per heavy atom. The van der Waals surface area contributed by atoms with Gasteiger partial charge in [-0.2, -0.15) is 5.26 Å². The van der Waals surface area contributed by atoms with E-state index in [-0.39, 0.29) is 18.1 Å². The molecule has 0 atom stereocenters. The molecule has 0 bridgehead atoms. The second-order valence-corrected chi connectivity index (χ2v) is 6.32. The van der Waals surface area contributed by atoms with Crippen molar-refractivity contribution >= 4 is 17.5 Å². The summed E-state index contributed by atoms with van der Waals surface area (Å²) in [6.45, 7) is 0. The molecule has 6 nitrogen and oxygen atoms in total. The highest BCUT2D eigenvalue weighted by molar-refractivity contribution is 6.31. The highest BCUT2D eigenvalue weighted by Crippen LogP contribution is 2.27. The van der Waals surface area contributed by atoms with Gasteiger partial charge in [0.25, 0.3) is 5.91 Å². The van der Waals surface area contributed by atoms with Gasteiger partial charge >= 0.3 is 0 Å². The molecule has 1 saturated carbocycles. The van der Waals surface area contributed by atoms with Crippen LogP contribution >= 0.6 is 11.6 Å². The summed E-state index contributed by atoms with van der Waals surface area (Å²) in [4.78, 5) is 20.0. The van der Waals surface area contributed by atoms with Crippen molar-refractivity contribution in [3.05, 3.63) is 53.1 Å². The Morgan fingerprint density at radius 2 is 2.08 bits per heavy atom. The number of nitrogens with one attached hydrogen (secondary N) is 1. The van der Waals surface area contributed by atoms with Gasteiger partial charge in [-0.05, 0) is 37.8 Å². The topological polar surface area (TPSA) is 87.9 Å². The predicted molar refractivity (Wildman–Crippen MR) is 92.3 cm³/mol. The molecule has 0 saturated heterocycles. The number of amides is 1. The van der Waals surface area contributed by atoms with Gasteiger partial charge < -0.3 is 10.1 Å². The van der Waals surface area contributed by atoms with Crippen molar-refractivity contribution in [2.75, 3.05) is 0 Å². The van der Waals surface area contributed by atoms with Gasteiger partial charge in [-0.3, -0.25) is 9.78 Å². The fourth-order valence-corrected chi connectivity index (χ4v) is 3.07. The number of carbonyl (C=O) groups excluding carboxylic acids is 1. The third-order valence-corrected chi connectivity index (χ3v) is 4.48. The maximum Gasteiger partial charge on any atom is 0.271 e. The largest absolute Gasteiger partial charge is 0.490 e. The lowest BCUT2D eigenvalue weighted by atomic mass is 9.93. The quantitative estimate of drug-likeness (QED) is 0.909. The number of nitriles is 1. The lowest BCUT2D eigenvalue weighted by molar-refractivity contribution is 0.0888. The van der Waals surface area contributed by atoms with Crippen molar-refractivity contribution in [2.45, 2.75) is 37.8 Å². The van der Waals surface area contributed by atoms with Crippen LogP contribution in [0.4, 0.5) is 0 Å². The molecule has 25 heavy (non-hydrogen) atoms. The molecule has 1 aliphatic carbocycles. The van der Waals surface area contributed by atoms with E-state index in [1.165, 1.54) is 18.6 Å². The Balaban J connectivity index is 1.50. The van der Waals surface area contributed by atoms with Crippen LogP contribution in [0.15, 0.2) is 36.8 Å². The van der Waals surface area contributed by atoms with E-state index in [0.29, 0.717) is 22.0 Å². The molecular formula is C18H17ClN4O2. The van der Waals surface area contributed by atoms with Crippen LogP contribution in [0, 0.1) is 11.3 Å². The number of carbonyl (C=O) groups is 1. The predicted octanol–water partition coefficient (Wildman–Crippen LogP) is 3.12. The van der Waals surface area contributed by atoms with Gasteiger partial charge in [0, 0.05) is 24.5 Å². The lowest BCUT2D eigenvalue weighted by Gasteiger charge is -2.29. The molecule has 0 unspecified atom stereocenters. The maximum atomic E-state index is 12.1. The van der Waals surface area contributed by atoms with Crippen molar-refractivity contribution in [3.8, 4) is 11.8 Å². The number of rotatable bonds is 4. The molecule has 0 aliphatic heterocycles. The highest BCUT2D eigenvalue weighted by Gasteiger charge is 2.24. The Hall–Kier alpha value is -2.65. The zero-order valence-corrected chi connectivity index (χ0v) is 14.2. The van der Waals surface area contributed by atoms with Crippen molar-refractivity contribution in [1.82, 2.24) is 15.3 Å². The number of halogens is 1. The molecule has 1 aromatic heterocycles. The Labute approximate surface area is 150 Å². The van der Waals surface area contributed by atoms with Crippen LogP contribution in [-0.2, 0) is 0 Å². The summed E-state index contributed by atoms with van der Waals surface area (Å²) in [5.74, 6) is 0.465. The van der Waals surface area contributed by atoms with Crippen molar-refractivity contribution in [3.63, 3.8) is 0 Å². The van der Waals surface area contributed by atoms with Crippen LogP contribution in [0.1, 0.15) is 41.7 Å². The SMILES string of the molecule is N#Cc1ccc(OC2CCC(NC(=O)c3cnccn3)CC2)cc1Cl. The first kappa shape index (κ1) is 17.2. The van der Waals surface area contributed by atoms with Crippen molar-refractivity contribution < 1.29 is 9.53 Å². The minimum Gasteiger partial charge on any atom is -0.490 e. The summed E-state index contributed by atoms with van der Waals surface area (Å²) in [5.41, 5.74) is 0.762. The summed E-state index contributed by atoms with van der Waals surface area (Å²) in [5, 5.41) is 12.3. The van der Waals surface area contributed by atoms with Gasteiger partial charge in [0.15, 0.2) is 0 Å². The molecule has 0 radical (unpaired) electrons. The van der Waals surface area contributed by atoms with E-state index < -0.39 is 0 Å². The van der Waals surface area contributed by atoms with Gasteiger partial charge in [-0.25, -0.2) is 4.98 Å². The number of ether oxygens (including phenoxy) is 1. The lowest BCUT2D eigenvalue weighted by Crippen LogP contribution is -2.40. The Bertz CT molecular complexity index is 783. The fraction of sp³-hybridized carbons (Fsp3) is 0.333. The van der Waals surface area contributed by atoms with E-state index in [9.17, 15) is 4.79 Å². The molecule has 128 valence electrons. The summed E-state index contributed by atoms with van der Waals surface area (Å²) >= 11 is 6.02. The standard InChI is InChI=1S/C18H17ClN4O2/c19-16-9-15(4-1-12(16)10-20)25-14-5-2-13(3-6-14)23-18(24)17-11-21-7-8-22-17/h1,4,7-9,11,13-14H,2-3,5-6H2,(H,23,24). The summed E-state index contributed by atoms with van der Waals surface area (Å²) in [6, 6.07) is 7.22. The number of hydrogen-bond acceptors (Lipinski definition) is 5. The second-order valence-electron chi connectivity index (χ2n) is 5.91. The molecule has 1 fully saturated rings. The van der Waals surface area contributed by atoms with Gasteiger partial charge in [0.2, 0.25) is 0 Å². The molecule has 3 rings (SSSR count). The van der Waals surface area contributed by atoms with Crippen LogP contribution in [0.3, 0.4) is 0 Å². The van der Waals surface area contributed by atoms with Gasteiger partial charge in [-0.15, -0.1) is 0 Å². The molecule has 1 aliphatic rings. The summed E-state index contributed by atoms with van der Waals surface area (Å²) < 4.78 is 5.94. The van der Waals surface area contributed by atoms with Gasteiger partial charge in [0.1, 0.15) is 17.5 Å². The molecular weight excluding hydrogens is 340 g/mol. The van der Waals surface area contributed by atoms with E-state index in [4.69, 9.17) is 21.6 Å². The van der Waals surface area contributed by atoms with Crippen molar-refractivity contribution in [1.29, 1.82) is 5.26 Å². The average Bonchev–Trinajstić information content (AvgIpc) is 2.64. The number of hydrogen-bond donors (Lipinski definition) is 1. The highest BCUT2D eigenvalue weighted by atomic mass is 35.5. The average molecular weight is 357 g/mol. The molecule has 1 amide bonds. The first-order chi connectivity index (χ1) is 12.2. The minimum absolute atomic E-state index is 0.0775. The number of nitrogens with zero attached hydrogens (tertiary/aromatic N) is 3. The second kappa shape index (κ2) is 7.95. The van der Waals surface area contributed by atoms with Crippen LogP contribution in [0.2, 0.25) is 5.02 Å². The van der Waals surface area contributed by atoms with Gasteiger partial charge in [-0.1, -0.05) is 11.6 Å². The number of aromatic nitrogens is 2. The third kappa shape index (κ3) is 4.46. The van der Waals surface area contributed by atoms with Crippen LogP contribution in [0.25, 0.3) is 0 Å². The first-order valence-corrected chi connectivity index (χ1v) is 8.46. The molecule has 0 spiro atoms. The summed E-state index contributed by atoms with van der Waals surface area (Å²) in [6.07, 6.45) is 7.91. The zero-order valence-electron chi connectivity index (χ0n) is 13.5. The van der Waals surface area contributed by atoms with Gasteiger partial charge in [0.05, 0.1) is 22.9 Å². The summed E-state index contributed by atoms with van der Waals surface area (Å²) in [7, 11) is 0. The van der Waals surface area contributed by atoms with Crippen LogP contribution < -0.4 is 10.1 Å². The van der Waals surface area contributed by atoms with Crippen molar-refractivity contribution in [2.24, 2.45) is 0 Å². The Morgan fingerprint density at radius 3 is 2.72 bits per heavy atom. The van der Waals surface area contributed by atoms with E-state index in [2.05, 4.69) is 15.3 Å².